The molecule has 1 aliphatic rings. The lowest BCUT2D eigenvalue weighted by atomic mass is 10.1. The molecule has 6 nitrogen and oxygen atoms in total. The van der Waals surface area contributed by atoms with Crippen LogP contribution in [0.1, 0.15) is 18.1 Å². The Hall–Kier alpha value is -3.28. The van der Waals surface area contributed by atoms with Gasteiger partial charge in [-0.25, -0.2) is 0 Å². The predicted molar refractivity (Wildman–Crippen MR) is 109 cm³/mol. The van der Waals surface area contributed by atoms with E-state index in [9.17, 15) is 9.59 Å². The molecule has 0 spiro atoms. The van der Waals surface area contributed by atoms with Crippen LogP contribution in [0.3, 0.4) is 0 Å². The van der Waals surface area contributed by atoms with Crippen LogP contribution in [0.4, 0.5) is 5.69 Å². The van der Waals surface area contributed by atoms with E-state index in [4.69, 9.17) is 9.47 Å². The van der Waals surface area contributed by atoms with E-state index in [1.165, 1.54) is 6.08 Å². The Morgan fingerprint density at radius 1 is 1.14 bits per heavy atom. The van der Waals surface area contributed by atoms with Crippen LogP contribution < -0.4 is 19.7 Å². The summed E-state index contributed by atoms with van der Waals surface area (Å²) < 4.78 is 10.5. The fourth-order valence-corrected chi connectivity index (χ4v) is 3.36. The van der Waals surface area contributed by atoms with E-state index in [-0.39, 0.29) is 11.8 Å². The van der Waals surface area contributed by atoms with Crippen LogP contribution in [0.15, 0.2) is 48.5 Å². The number of ether oxygens (including phenoxy) is 2. The number of anilines is 1. The highest BCUT2D eigenvalue weighted by molar-refractivity contribution is 6.09. The first-order valence-corrected chi connectivity index (χ1v) is 9.18. The molecule has 0 saturated carbocycles. The summed E-state index contributed by atoms with van der Waals surface area (Å²) in [5.74, 6) is 0.821. The van der Waals surface area contributed by atoms with Crippen LogP contribution in [-0.2, 0) is 16.0 Å². The van der Waals surface area contributed by atoms with Gasteiger partial charge in [-0.3, -0.25) is 14.5 Å². The van der Waals surface area contributed by atoms with E-state index >= 15 is 0 Å². The fourth-order valence-electron chi connectivity index (χ4n) is 3.36. The van der Waals surface area contributed by atoms with Gasteiger partial charge in [0.05, 0.1) is 14.2 Å². The summed E-state index contributed by atoms with van der Waals surface area (Å²) in [6, 6.07) is 12.5. The Bertz CT molecular complexity index is 907. The smallest absolute Gasteiger partial charge is 0.251 e. The molecule has 1 heterocycles. The van der Waals surface area contributed by atoms with Gasteiger partial charge in [-0.2, -0.15) is 0 Å². The van der Waals surface area contributed by atoms with Crippen LogP contribution in [0.2, 0.25) is 0 Å². The first-order chi connectivity index (χ1) is 13.6. The van der Waals surface area contributed by atoms with Gasteiger partial charge in [-0.15, -0.1) is 0 Å². The van der Waals surface area contributed by atoms with Gasteiger partial charge < -0.3 is 14.8 Å². The van der Waals surface area contributed by atoms with E-state index < -0.39 is 6.04 Å². The lowest BCUT2D eigenvalue weighted by Gasteiger charge is -2.23. The first kappa shape index (κ1) is 19.5. The number of likely N-dealkylation sites (N-methyl/N-ethyl adjacent to an activating group) is 1. The van der Waals surface area contributed by atoms with Crippen molar-refractivity contribution in [2.24, 2.45) is 0 Å². The van der Waals surface area contributed by atoms with Crippen LogP contribution in [0.5, 0.6) is 11.5 Å². The topological polar surface area (TPSA) is 67.9 Å². The average Bonchev–Trinajstić information content (AvgIpc) is 3.11. The van der Waals surface area contributed by atoms with Crippen molar-refractivity contribution >= 4 is 23.6 Å². The Morgan fingerprint density at radius 3 is 2.61 bits per heavy atom. The highest BCUT2D eigenvalue weighted by Gasteiger charge is 2.37. The fraction of sp³-hybridized carbons (Fsp3) is 0.273. The number of rotatable bonds is 6. The molecular weight excluding hydrogens is 356 g/mol. The van der Waals surface area contributed by atoms with Crippen molar-refractivity contribution in [3.8, 4) is 11.5 Å². The monoisotopic (exact) mass is 380 g/mol. The van der Waals surface area contributed by atoms with E-state index in [0.717, 1.165) is 16.8 Å². The van der Waals surface area contributed by atoms with Gasteiger partial charge in [-0.1, -0.05) is 24.3 Å². The largest absolute Gasteiger partial charge is 0.493 e. The quantitative estimate of drug-likeness (QED) is 0.783. The Balaban J connectivity index is 1.86. The maximum Gasteiger partial charge on any atom is 0.251 e. The summed E-state index contributed by atoms with van der Waals surface area (Å²) in [5.41, 5.74) is 2.57. The molecule has 1 atom stereocenters. The molecule has 6 heteroatoms. The average molecular weight is 380 g/mol. The molecule has 0 aliphatic carbocycles. The van der Waals surface area contributed by atoms with Gasteiger partial charge in [0.1, 0.15) is 6.04 Å². The second kappa shape index (κ2) is 8.61. The summed E-state index contributed by atoms with van der Waals surface area (Å²) in [4.78, 5) is 27.0. The van der Waals surface area contributed by atoms with Crippen LogP contribution >= 0.6 is 0 Å². The van der Waals surface area contributed by atoms with Crippen molar-refractivity contribution in [3.63, 3.8) is 0 Å². The zero-order valence-corrected chi connectivity index (χ0v) is 16.3. The number of benzene rings is 2. The van der Waals surface area contributed by atoms with Crippen molar-refractivity contribution in [2.45, 2.75) is 19.4 Å². The third kappa shape index (κ3) is 3.86. The van der Waals surface area contributed by atoms with Crippen molar-refractivity contribution < 1.29 is 19.1 Å². The zero-order valence-electron chi connectivity index (χ0n) is 16.3. The number of fused-ring (bicyclic) bond motifs is 1. The van der Waals surface area contributed by atoms with Gasteiger partial charge in [0.2, 0.25) is 5.91 Å². The summed E-state index contributed by atoms with van der Waals surface area (Å²) in [7, 11) is 3.14. The minimum absolute atomic E-state index is 0.147. The van der Waals surface area contributed by atoms with Gasteiger partial charge in [0.15, 0.2) is 11.5 Å². The number of methoxy groups -OCH3 is 2. The molecule has 28 heavy (non-hydrogen) atoms. The standard InChI is InChI=1S/C22H24N2O4/c1-4-23-22(26)18-14-16-7-5-6-8-17(16)24(18)21(25)12-10-15-9-11-19(27-2)20(13-15)28-3/h5-13,18H,4,14H2,1-3H3,(H,23,26)/b12-10-. The normalized spacial score (nSPS) is 15.4. The summed E-state index contributed by atoms with van der Waals surface area (Å²) >= 11 is 0. The maximum absolute atomic E-state index is 13.0. The third-order valence-electron chi connectivity index (χ3n) is 4.69. The minimum Gasteiger partial charge on any atom is -0.493 e. The number of amides is 2. The molecule has 0 fully saturated rings. The van der Waals surface area contributed by atoms with E-state index in [0.29, 0.717) is 24.5 Å². The molecule has 2 aromatic carbocycles. The molecule has 146 valence electrons. The first-order valence-electron chi connectivity index (χ1n) is 9.18. The molecule has 0 saturated heterocycles. The van der Waals surface area contributed by atoms with Gasteiger partial charge in [0, 0.05) is 24.7 Å². The summed E-state index contributed by atoms with van der Waals surface area (Å²) in [5, 5.41) is 2.82. The molecule has 1 N–H and O–H groups in total. The number of carbonyl (C=O) groups is 2. The number of carbonyl (C=O) groups excluding carboxylic acids is 2. The molecule has 2 aromatic rings. The second-order valence-electron chi connectivity index (χ2n) is 6.40. The highest BCUT2D eigenvalue weighted by atomic mass is 16.5. The molecule has 1 unspecified atom stereocenters. The zero-order chi connectivity index (χ0) is 20.1. The minimum atomic E-state index is -0.542. The van der Waals surface area contributed by atoms with Gasteiger partial charge in [0.25, 0.3) is 5.91 Å². The molecule has 2 amide bonds. The maximum atomic E-state index is 13.0. The lowest BCUT2D eigenvalue weighted by molar-refractivity contribution is -0.124. The number of hydrogen-bond acceptors (Lipinski definition) is 4. The van der Waals surface area contributed by atoms with E-state index in [1.807, 2.05) is 37.3 Å². The number of nitrogens with one attached hydrogen (secondary N) is 1. The molecule has 3 rings (SSSR count). The SMILES string of the molecule is CCNC(=O)C1Cc2ccccc2N1C(=O)/C=C\c1ccc(OC)c(OC)c1. The molecule has 1 aliphatic heterocycles. The Morgan fingerprint density at radius 2 is 1.89 bits per heavy atom. The van der Waals surface area contributed by atoms with E-state index in [2.05, 4.69) is 5.32 Å². The molecular formula is C22H24N2O4. The van der Waals surface area contributed by atoms with Crippen molar-refractivity contribution in [2.75, 3.05) is 25.7 Å². The number of hydrogen-bond donors (Lipinski definition) is 1. The van der Waals surface area contributed by atoms with Crippen molar-refractivity contribution in [3.05, 3.63) is 59.7 Å². The van der Waals surface area contributed by atoms with Crippen LogP contribution in [0.25, 0.3) is 6.08 Å². The van der Waals surface area contributed by atoms with Crippen LogP contribution in [-0.4, -0.2) is 38.6 Å². The highest BCUT2D eigenvalue weighted by Crippen LogP contribution is 2.33. The van der Waals surface area contributed by atoms with Crippen molar-refractivity contribution in [1.29, 1.82) is 0 Å². The Labute approximate surface area is 164 Å². The number of para-hydroxylation sites is 1. The van der Waals surface area contributed by atoms with Crippen LogP contribution in [0, 0.1) is 0 Å². The summed E-state index contributed by atoms with van der Waals surface area (Å²) in [6.07, 6.45) is 3.70. The third-order valence-corrected chi connectivity index (χ3v) is 4.69. The molecule has 0 bridgehead atoms. The number of nitrogens with zero attached hydrogens (tertiary/aromatic N) is 1. The molecule has 0 aromatic heterocycles. The van der Waals surface area contributed by atoms with Gasteiger partial charge >= 0.3 is 0 Å². The lowest BCUT2D eigenvalue weighted by Crippen LogP contribution is -2.47. The second-order valence-corrected chi connectivity index (χ2v) is 6.40. The van der Waals surface area contributed by atoms with Gasteiger partial charge in [-0.05, 0) is 42.3 Å². The summed E-state index contributed by atoms with van der Waals surface area (Å²) in [6.45, 7) is 2.39. The van der Waals surface area contributed by atoms with E-state index in [1.54, 1.807) is 37.3 Å². The molecule has 0 radical (unpaired) electrons. The Kier molecular flexibility index (Phi) is 5.99. The van der Waals surface area contributed by atoms with Crippen molar-refractivity contribution in [1.82, 2.24) is 5.32 Å². The predicted octanol–water partition coefficient (Wildman–Crippen LogP) is 2.81.